The molecule has 0 aliphatic rings. The van der Waals surface area contributed by atoms with Crippen LogP contribution in [0, 0.1) is 6.92 Å². The Morgan fingerprint density at radius 1 is 1.50 bits per heavy atom. The van der Waals surface area contributed by atoms with E-state index in [1.807, 2.05) is 13.0 Å². The molecule has 4 heteroatoms. The van der Waals surface area contributed by atoms with Gasteiger partial charge in [0.25, 0.3) is 0 Å². The van der Waals surface area contributed by atoms with Gasteiger partial charge >= 0.3 is 0 Å². The molecule has 1 aromatic carbocycles. The van der Waals surface area contributed by atoms with Crippen molar-refractivity contribution in [1.29, 1.82) is 0 Å². The normalized spacial score (nSPS) is 11.6. The van der Waals surface area contributed by atoms with Crippen molar-refractivity contribution in [1.82, 2.24) is 0 Å². The topological polar surface area (TPSA) is 41.8 Å². The Morgan fingerprint density at radius 2 is 2.14 bits per heavy atom. The zero-order chi connectivity index (χ0) is 10.7. The summed E-state index contributed by atoms with van der Waals surface area (Å²) in [5.41, 5.74) is 2.31. The number of nitrogens with zero attached hydrogens (tertiary/aromatic N) is 1. The fraction of sp³-hybridized carbons (Fsp3) is 0.300. The molecule has 76 valence electrons. The van der Waals surface area contributed by atoms with E-state index >= 15 is 0 Å². The van der Waals surface area contributed by atoms with E-state index in [1.54, 1.807) is 20.1 Å². The Bertz CT molecular complexity index is 375. The summed E-state index contributed by atoms with van der Waals surface area (Å²) in [6.45, 7) is 3.62. The second kappa shape index (κ2) is 4.33. The average Bonchev–Trinajstić information content (AvgIpc) is 2.19. The lowest BCUT2D eigenvalue weighted by molar-refractivity contribution is 0.319. The number of benzene rings is 1. The molecule has 0 fully saturated rings. The minimum atomic E-state index is 0.510. The summed E-state index contributed by atoms with van der Waals surface area (Å²) in [6.07, 6.45) is 0. The van der Waals surface area contributed by atoms with Crippen LogP contribution >= 0.6 is 11.6 Å². The van der Waals surface area contributed by atoms with E-state index in [1.165, 1.54) is 0 Å². The van der Waals surface area contributed by atoms with Crippen molar-refractivity contribution in [3.8, 4) is 5.75 Å². The maximum absolute atomic E-state index is 8.64. The first-order valence-electron chi connectivity index (χ1n) is 4.13. The standard InChI is InChI=1S/C10H12ClNO2/c1-6-4-10(14-3)9(11)5-8(6)7(2)12-13/h4-5,13H,1-3H3/b12-7+. The van der Waals surface area contributed by atoms with Gasteiger partial charge in [-0.15, -0.1) is 0 Å². The molecule has 0 saturated heterocycles. The average molecular weight is 214 g/mol. The van der Waals surface area contributed by atoms with E-state index in [0.29, 0.717) is 16.5 Å². The van der Waals surface area contributed by atoms with Crippen molar-refractivity contribution in [3.63, 3.8) is 0 Å². The van der Waals surface area contributed by atoms with Crippen LogP contribution in [0.15, 0.2) is 17.3 Å². The van der Waals surface area contributed by atoms with E-state index in [9.17, 15) is 0 Å². The third-order valence-corrected chi connectivity index (χ3v) is 2.33. The molecule has 0 heterocycles. The van der Waals surface area contributed by atoms with Crippen LogP contribution in [-0.4, -0.2) is 18.0 Å². The minimum absolute atomic E-state index is 0.510. The van der Waals surface area contributed by atoms with Crippen molar-refractivity contribution < 1.29 is 9.94 Å². The molecule has 0 spiro atoms. The highest BCUT2D eigenvalue weighted by Gasteiger charge is 2.08. The van der Waals surface area contributed by atoms with E-state index in [-0.39, 0.29) is 0 Å². The van der Waals surface area contributed by atoms with Crippen molar-refractivity contribution in [2.45, 2.75) is 13.8 Å². The molecular weight excluding hydrogens is 202 g/mol. The molecule has 0 aliphatic heterocycles. The van der Waals surface area contributed by atoms with Crippen molar-refractivity contribution in [3.05, 3.63) is 28.3 Å². The molecule has 0 unspecified atom stereocenters. The Morgan fingerprint density at radius 3 is 2.64 bits per heavy atom. The summed E-state index contributed by atoms with van der Waals surface area (Å²) >= 11 is 5.94. The first-order valence-corrected chi connectivity index (χ1v) is 4.51. The SMILES string of the molecule is COc1cc(C)c(/C(C)=N/O)cc1Cl. The molecule has 0 aliphatic carbocycles. The van der Waals surface area contributed by atoms with Gasteiger partial charge in [-0.05, 0) is 31.5 Å². The summed E-state index contributed by atoms with van der Waals surface area (Å²) in [7, 11) is 1.56. The van der Waals surface area contributed by atoms with E-state index in [4.69, 9.17) is 21.5 Å². The Balaban J connectivity index is 3.29. The van der Waals surface area contributed by atoms with Gasteiger partial charge in [0.05, 0.1) is 17.8 Å². The lowest BCUT2D eigenvalue weighted by Gasteiger charge is -2.08. The van der Waals surface area contributed by atoms with Gasteiger partial charge in [-0.2, -0.15) is 0 Å². The molecule has 1 rings (SSSR count). The first kappa shape index (κ1) is 10.9. The highest BCUT2D eigenvalue weighted by Crippen LogP contribution is 2.28. The summed E-state index contributed by atoms with van der Waals surface area (Å²) in [5, 5.41) is 12.3. The number of halogens is 1. The third-order valence-electron chi connectivity index (χ3n) is 2.04. The maximum Gasteiger partial charge on any atom is 0.137 e. The van der Waals surface area contributed by atoms with Crippen molar-refractivity contribution in [2.24, 2.45) is 5.16 Å². The number of hydrogen-bond acceptors (Lipinski definition) is 3. The molecule has 1 aromatic rings. The minimum Gasteiger partial charge on any atom is -0.495 e. The first-order chi connectivity index (χ1) is 6.60. The zero-order valence-corrected chi connectivity index (χ0v) is 9.09. The van der Waals surface area contributed by atoms with Gasteiger partial charge in [0, 0.05) is 5.56 Å². The lowest BCUT2D eigenvalue weighted by atomic mass is 10.0. The van der Waals surface area contributed by atoms with Gasteiger partial charge < -0.3 is 9.94 Å². The van der Waals surface area contributed by atoms with E-state index in [0.717, 1.165) is 11.1 Å². The van der Waals surface area contributed by atoms with Crippen molar-refractivity contribution in [2.75, 3.05) is 7.11 Å². The summed E-state index contributed by atoms with van der Waals surface area (Å²) in [5.74, 6) is 0.624. The van der Waals surface area contributed by atoms with Crippen LogP contribution in [0.1, 0.15) is 18.1 Å². The fourth-order valence-corrected chi connectivity index (χ4v) is 1.50. The van der Waals surface area contributed by atoms with Crippen LogP contribution in [0.2, 0.25) is 5.02 Å². The molecule has 0 bridgehead atoms. The quantitative estimate of drug-likeness (QED) is 0.466. The molecule has 1 N–H and O–H groups in total. The third kappa shape index (κ3) is 1.99. The van der Waals surface area contributed by atoms with Gasteiger partial charge in [0.15, 0.2) is 0 Å². The molecule has 0 atom stereocenters. The highest BCUT2D eigenvalue weighted by molar-refractivity contribution is 6.32. The molecule has 0 aromatic heterocycles. The fourth-order valence-electron chi connectivity index (χ4n) is 1.26. The van der Waals surface area contributed by atoms with Gasteiger partial charge in [0.2, 0.25) is 0 Å². The predicted molar refractivity (Wildman–Crippen MR) is 56.7 cm³/mol. The molecule has 0 saturated carbocycles. The van der Waals surface area contributed by atoms with Crippen LogP contribution in [0.3, 0.4) is 0 Å². The van der Waals surface area contributed by atoms with Crippen LogP contribution in [-0.2, 0) is 0 Å². The van der Waals surface area contributed by atoms with E-state index < -0.39 is 0 Å². The number of rotatable bonds is 2. The van der Waals surface area contributed by atoms with E-state index in [2.05, 4.69) is 5.16 Å². The number of aryl methyl sites for hydroxylation is 1. The van der Waals surface area contributed by atoms with Gasteiger partial charge in [0.1, 0.15) is 5.75 Å². The Labute approximate surface area is 88.0 Å². The van der Waals surface area contributed by atoms with Crippen LogP contribution in [0.5, 0.6) is 5.75 Å². The molecule has 0 radical (unpaired) electrons. The van der Waals surface area contributed by atoms with Crippen LogP contribution < -0.4 is 4.74 Å². The second-order valence-electron chi connectivity index (χ2n) is 2.99. The summed E-state index contributed by atoms with van der Waals surface area (Å²) in [6, 6.07) is 3.54. The number of ether oxygens (including phenoxy) is 1. The number of oxime groups is 1. The smallest absolute Gasteiger partial charge is 0.137 e. The zero-order valence-electron chi connectivity index (χ0n) is 8.34. The Kier molecular flexibility index (Phi) is 3.36. The monoisotopic (exact) mass is 213 g/mol. The van der Waals surface area contributed by atoms with Gasteiger partial charge in [-0.1, -0.05) is 16.8 Å². The van der Waals surface area contributed by atoms with Crippen LogP contribution in [0.4, 0.5) is 0 Å². The summed E-state index contributed by atoms with van der Waals surface area (Å²) in [4.78, 5) is 0. The van der Waals surface area contributed by atoms with Crippen LogP contribution in [0.25, 0.3) is 0 Å². The number of hydrogen-bond donors (Lipinski definition) is 1. The van der Waals surface area contributed by atoms with Gasteiger partial charge in [-0.25, -0.2) is 0 Å². The lowest BCUT2D eigenvalue weighted by Crippen LogP contribution is -1.99. The molecule has 3 nitrogen and oxygen atoms in total. The van der Waals surface area contributed by atoms with Crippen molar-refractivity contribution >= 4 is 17.3 Å². The number of methoxy groups -OCH3 is 1. The highest BCUT2D eigenvalue weighted by atomic mass is 35.5. The molecular formula is C10H12ClNO2. The largest absolute Gasteiger partial charge is 0.495 e. The summed E-state index contributed by atoms with van der Waals surface area (Å²) < 4.78 is 5.06. The maximum atomic E-state index is 8.64. The molecule has 14 heavy (non-hydrogen) atoms. The molecule has 0 amide bonds. The second-order valence-corrected chi connectivity index (χ2v) is 3.39. The van der Waals surface area contributed by atoms with Gasteiger partial charge in [-0.3, -0.25) is 0 Å². The Hall–Kier alpha value is -1.22. The predicted octanol–water partition coefficient (Wildman–Crippen LogP) is 2.86.